The fourth-order valence-corrected chi connectivity index (χ4v) is 4.75. The summed E-state index contributed by atoms with van der Waals surface area (Å²) in [5.74, 6) is -0.901. The number of esters is 1. The van der Waals surface area contributed by atoms with Crippen molar-refractivity contribution in [1.29, 1.82) is 0 Å². The zero-order chi connectivity index (χ0) is 32.4. The minimum atomic E-state index is -0.541. The molecule has 10 heteroatoms. The monoisotopic (exact) mass is 615 g/mol. The van der Waals surface area contributed by atoms with Gasteiger partial charge in [-0.05, 0) is 48.3 Å². The number of carbonyl (C=O) groups excluding carboxylic acids is 5. The van der Waals surface area contributed by atoms with Crippen LogP contribution in [-0.2, 0) is 28.7 Å². The van der Waals surface area contributed by atoms with Gasteiger partial charge >= 0.3 is 5.97 Å². The van der Waals surface area contributed by atoms with Gasteiger partial charge in [-0.2, -0.15) is 0 Å². The highest BCUT2D eigenvalue weighted by molar-refractivity contribution is 5.99. The van der Waals surface area contributed by atoms with Crippen LogP contribution >= 0.6 is 12.4 Å². The Balaban J connectivity index is 0.000000825. The second kappa shape index (κ2) is 14.2. The maximum atomic E-state index is 12.4. The average molecular weight is 616 g/mol. The average Bonchev–Trinajstić information content (AvgIpc) is 2.68. The Morgan fingerprint density at radius 1 is 0.714 bits per heavy atom. The lowest BCUT2D eigenvalue weighted by atomic mass is 9.77. The number of ether oxygens (including phenoxy) is 1. The quantitative estimate of drug-likeness (QED) is 0.308. The molecule has 0 aromatic rings. The molecule has 0 bridgehead atoms. The number of piperidine rings is 2. The highest BCUT2D eigenvalue weighted by Crippen LogP contribution is 2.36. The molecule has 2 fully saturated rings. The maximum Gasteiger partial charge on any atom is 0.306 e. The third-order valence-corrected chi connectivity index (χ3v) is 7.68. The zero-order valence-corrected chi connectivity index (χ0v) is 29.3. The predicted molar refractivity (Wildman–Crippen MR) is 168 cm³/mol. The molecule has 244 valence electrons. The Hall–Kier alpha value is -2.00. The topological polar surface area (TPSA) is 127 Å². The summed E-state index contributed by atoms with van der Waals surface area (Å²) in [4.78, 5) is 63.5. The number of hydrogen-bond acceptors (Lipinski definition) is 7. The fraction of sp³-hybridized carbons (Fsp3) is 0.844. The van der Waals surface area contributed by atoms with Crippen LogP contribution in [0, 0.1) is 27.6 Å². The van der Waals surface area contributed by atoms with Gasteiger partial charge in [0, 0.05) is 44.8 Å². The minimum Gasteiger partial charge on any atom is -0.460 e. The third kappa shape index (κ3) is 13.1. The van der Waals surface area contributed by atoms with E-state index in [9.17, 15) is 24.0 Å². The summed E-state index contributed by atoms with van der Waals surface area (Å²) in [6.45, 7) is 26.0. The van der Waals surface area contributed by atoms with Crippen LogP contribution in [0.25, 0.3) is 0 Å². The van der Waals surface area contributed by atoms with Crippen molar-refractivity contribution in [3.05, 3.63) is 0 Å². The lowest BCUT2D eigenvalue weighted by Crippen LogP contribution is -2.53. The smallest absolute Gasteiger partial charge is 0.306 e. The zero-order valence-electron chi connectivity index (χ0n) is 28.4. The molecule has 2 aliphatic heterocycles. The van der Waals surface area contributed by atoms with E-state index >= 15 is 0 Å². The first kappa shape index (κ1) is 40.0. The first-order valence-corrected chi connectivity index (χ1v) is 14.8. The molecule has 0 unspecified atom stereocenters. The number of amides is 4. The summed E-state index contributed by atoms with van der Waals surface area (Å²) in [6, 6.07) is -0.184. The molecule has 2 saturated heterocycles. The van der Waals surface area contributed by atoms with E-state index < -0.39 is 5.60 Å². The normalized spacial score (nSPS) is 20.7. The van der Waals surface area contributed by atoms with E-state index in [2.05, 4.69) is 0 Å². The van der Waals surface area contributed by atoms with Crippen LogP contribution < -0.4 is 5.73 Å². The summed E-state index contributed by atoms with van der Waals surface area (Å²) >= 11 is 0. The van der Waals surface area contributed by atoms with Gasteiger partial charge in [0.1, 0.15) is 5.60 Å². The van der Waals surface area contributed by atoms with Crippen molar-refractivity contribution in [2.45, 2.75) is 134 Å². The summed E-state index contributed by atoms with van der Waals surface area (Å²) in [5.41, 5.74) is 4.67. The first-order valence-electron chi connectivity index (χ1n) is 14.8. The number of hydrogen-bond donors (Lipinski definition) is 1. The van der Waals surface area contributed by atoms with Gasteiger partial charge in [0.25, 0.3) is 0 Å². The number of likely N-dealkylation sites (tertiary alicyclic amines) is 2. The SMILES string of the molecule is CC1(C)CC(=O)N(C[C@@H](CC(=O)OC(C)(C)C)C(C)(C)C)C(=O)C1.CC1(C)CC(=O)N(C[C@@H](N)C(C)(C)C)C(=O)C1.Cl. The van der Waals surface area contributed by atoms with Gasteiger partial charge in [-0.1, -0.05) is 69.2 Å². The number of carbonyl (C=O) groups is 5. The summed E-state index contributed by atoms with van der Waals surface area (Å²) in [5, 5.41) is 0. The molecule has 0 aromatic heterocycles. The molecule has 9 nitrogen and oxygen atoms in total. The largest absolute Gasteiger partial charge is 0.460 e. The highest BCUT2D eigenvalue weighted by atomic mass is 35.5. The molecule has 0 aliphatic carbocycles. The predicted octanol–water partition coefficient (Wildman–Crippen LogP) is 5.51. The van der Waals surface area contributed by atoms with E-state index in [4.69, 9.17) is 10.5 Å². The van der Waals surface area contributed by atoms with Gasteiger partial charge < -0.3 is 10.5 Å². The molecule has 2 atom stereocenters. The Kier molecular flexibility index (Phi) is 13.5. The molecule has 2 aliphatic rings. The van der Waals surface area contributed by atoms with Crippen molar-refractivity contribution in [2.75, 3.05) is 13.1 Å². The van der Waals surface area contributed by atoms with Crippen LogP contribution in [0.15, 0.2) is 0 Å². The van der Waals surface area contributed by atoms with Gasteiger partial charge in [-0.25, -0.2) is 0 Å². The van der Waals surface area contributed by atoms with Gasteiger partial charge in [0.05, 0.1) is 6.42 Å². The minimum absolute atomic E-state index is 0. The molecule has 4 amide bonds. The summed E-state index contributed by atoms with van der Waals surface area (Å²) in [7, 11) is 0. The van der Waals surface area contributed by atoms with E-state index in [1.54, 1.807) is 0 Å². The molecule has 0 radical (unpaired) electrons. The van der Waals surface area contributed by atoms with Gasteiger partial charge in [0.15, 0.2) is 0 Å². The molecule has 2 heterocycles. The van der Waals surface area contributed by atoms with Gasteiger partial charge in [-0.3, -0.25) is 33.8 Å². The van der Waals surface area contributed by atoms with Crippen LogP contribution in [-0.4, -0.2) is 64.1 Å². The van der Waals surface area contributed by atoms with Crippen LogP contribution in [0.2, 0.25) is 0 Å². The van der Waals surface area contributed by atoms with Crippen LogP contribution in [0.5, 0.6) is 0 Å². The molecule has 2 N–H and O–H groups in total. The fourth-order valence-electron chi connectivity index (χ4n) is 4.75. The highest BCUT2D eigenvalue weighted by Gasteiger charge is 2.41. The van der Waals surface area contributed by atoms with Crippen molar-refractivity contribution in [3.63, 3.8) is 0 Å². The summed E-state index contributed by atoms with van der Waals surface area (Å²) < 4.78 is 5.41. The number of imide groups is 2. The molecular weight excluding hydrogens is 558 g/mol. The van der Waals surface area contributed by atoms with Crippen LogP contribution in [0.3, 0.4) is 0 Å². The number of halogens is 1. The van der Waals surface area contributed by atoms with Crippen LogP contribution in [0.4, 0.5) is 0 Å². The van der Waals surface area contributed by atoms with E-state index in [0.29, 0.717) is 32.2 Å². The first-order chi connectivity index (χ1) is 18.1. The van der Waals surface area contributed by atoms with E-state index in [-0.39, 0.29) is 88.6 Å². The van der Waals surface area contributed by atoms with Gasteiger partial charge in [0.2, 0.25) is 23.6 Å². The standard InChI is InChI=1S/C19H33NO4.C13H24N2O2.ClH/c1-17(2,3)13(9-16(23)24-18(4,5)6)12-20-14(21)10-19(7,8)11-15(20)22;1-12(2,3)9(14)8-15-10(16)6-13(4,5)7-11(15)17;/h13H,9-12H2,1-8H3;9H,6-8,14H2,1-5H3;1H/t13-;9-;/m11./s1. The molecule has 2 rings (SSSR count). The second-order valence-electron chi connectivity index (χ2n) is 16.7. The van der Waals surface area contributed by atoms with Crippen molar-refractivity contribution in [2.24, 2.45) is 33.3 Å². The number of nitrogens with zero attached hydrogens (tertiary/aromatic N) is 2. The maximum absolute atomic E-state index is 12.4. The lowest BCUT2D eigenvalue weighted by molar-refractivity contribution is -0.161. The van der Waals surface area contributed by atoms with Crippen molar-refractivity contribution in [1.82, 2.24) is 9.80 Å². The molecule has 42 heavy (non-hydrogen) atoms. The third-order valence-electron chi connectivity index (χ3n) is 7.68. The van der Waals surface area contributed by atoms with Crippen molar-refractivity contribution >= 4 is 42.0 Å². The Morgan fingerprint density at radius 2 is 1.05 bits per heavy atom. The van der Waals surface area contributed by atoms with E-state index in [1.165, 1.54) is 9.80 Å². The molecule has 0 spiro atoms. The Bertz CT molecular complexity index is 961. The Labute approximate surface area is 260 Å². The second-order valence-corrected chi connectivity index (χ2v) is 16.7. The van der Waals surface area contributed by atoms with Gasteiger partial charge in [-0.15, -0.1) is 12.4 Å². The van der Waals surface area contributed by atoms with Crippen LogP contribution in [0.1, 0.15) is 122 Å². The van der Waals surface area contributed by atoms with Crippen molar-refractivity contribution < 1.29 is 28.7 Å². The van der Waals surface area contributed by atoms with E-state index in [1.807, 2.05) is 90.0 Å². The van der Waals surface area contributed by atoms with E-state index in [0.717, 1.165) is 0 Å². The van der Waals surface area contributed by atoms with Crippen molar-refractivity contribution in [3.8, 4) is 0 Å². The lowest BCUT2D eigenvalue weighted by Gasteiger charge is -2.39. The Morgan fingerprint density at radius 3 is 1.33 bits per heavy atom. The molecular formula is C32H58ClN3O6. The number of rotatable bonds is 6. The summed E-state index contributed by atoms with van der Waals surface area (Å²) in [6.07, 6.45) is 1.77. The molecule has 0 saturated carbocycles. The molecule has 0 aromatic carbocycles. The number of nitrogens with two attached hydrogens (primary N) is 1.